The van der Waals surface area contributed by atoms with Crippen molar-refractivity contribution >= 4 is 34.7 Å². The van der Waals surface area contributed by atoms with E-state index in [0.29, 0.717) is 42.1 Å². The highest BCUT2D eigenvalue weighted by Gasteiger charge is 2.26. The summed E-state index contributed by atoms with van der Waals surface area (Å²) in [7, 11) is 0. The number of benzene rings is 1. The maximum absolute atomic E-state index is 13.1. The molecule has 2 aromatic rings. The Kier molecular flexibility index (Phi) is 6.24. The molecule has 0 bridgehead atoms. The van der Waals surface area contributed by atoms with Crippen molar-refractivity contribution in [3.63, 3.8) is 0 Å². The standard InChI is InChI=1S/C20H23N3O3S/c21-18(24)10-9-14-5-3-11-23(13-14)20(26)15-6-1-2-7-16(15)22-19(25)17-8-4-12-27-17/h1-2,4,6-8,12,14H,3,5,9-11,13H2,(H2,21,24)(H,22,25). The van der Waals surface area contributed by atoms with Crippen LogP contribution in [0, 0.1) is 5.92 Å². The lowest BCUT2D eigenvalue weighted by Crippen LogP contribution is -2.40. The van der Waals surface area contributed by atoms with Crippen LogP contribution in [0.4, 0.5) is 5.69 Å². The molecule has 1 aromatic heterocycles. The number of rotatable bonds is 6. The molecular weight excluding hydrogens is 362 g/mol. The monoisotopic (exact) mass is 385 g/mol. The number of nitrogens with one attached hydrogen (secondary N) is 1. The normalized spacial score (nSPS) is 16.7. The van der Waals surface area contributed by atoms with E-state index in [1.165, 1.54) is 11.3 Å². The van der Waals surface area contributed by atoms with Gasteiger partial charge in [-0.2, -0.15) is 0 Å². The van der Waals surface area contributed by atoms with Crippen LogP contribution in [-0.2, 0) is 4.79 Å². The molecule has 3 rings (SSSR count). The molecule has 6 nitrogen and oxygen atoms in total. The molecule has 27 heavy (non-hydrogen) atoms. The summed E-state index contributed by atoms with van der Waals surface area (Å²) < 4.78 is 0. The predicted molar refractivity (Wildman–Crippen MR) is 106 cm³/mol. The average molecular weight is 385 g/mol. The Labute approximate surface area is 162 Å². The van der Waals surface area contributed by atoms with E-state index in [4.69, 9.17) is 5.73 Å². The second kappa shape index (κ2) is 8.81. The third kappa shape index (κ3) is 4.95. The maximum Gasteiger partial charge on any atom is 0.265 e. The van der Waals surface area contributed by atoms with E-state index < -0.39 is 0 Å². The van der Waals surface area contributed by atoms with Gasteiger partial charge in [-0.15, -0.1) is 11.3 Å². The van der Waals surface area contributed by atoms with Gasteiger partial charge in [0.2, 0.25) is 5.91 Å². The van der Waals surface area contributed by atoms with Gasteiger partial charge in [-0.05, 0) is 48.8 Å². The van der Waals surface area contributed by atoms with Crippen molar-refractivity contribution < 1.29 is 14.4 Å². The lowest BCUT2D eigenvalue weighted by Gasteiger charge is -2.33. The minimum Gasteiger partial charge on any atom is -0.370 e. The number of piperidine rings is 1. The lowest BCUT2D eigenvalue weighted by atomic mass is 9.92. The maximum atomic E-state index is 13.1. The van der Waals surface area contributed by atoms with Gasteiger partial charge in [-0.25, -0.2) is 0 Å². The van der Waals surface area contributed by atoms with Gasteiger partial charge in [0.15, 0.2) is 0 Å². The predicted octanol–water partition coefficient (Wildman–Crippen LogP) is 3.12. The number of carbonyl (C=O) groups is 3. The van der Waals surface area contributed by atoms with Crippen molar-refractivity contribution in [2.24, 2.45) is 11.7 Å². The van der Waals surface area contributed by atoms with Crippen molar-refractivity contribution in [1.82, 2.24) is 4.90 Å². The van der Waals surface area contributed by atoms with Crippen LogP contribution in [0.3, 0.4) is 0 Å². The number of nitrogens with two attached hydrogens (primary N) is 1. The molecule has 1 aliphatic heterocycles. The van der Waals surface area contributed by atoms with Gasteiger partial charge in [0.25, 0.3) is 11.8 Å². The van der Waals surface area contributed by atoms with Gasteiger partial charge in [0.1, 0.15) is 0 Å². The molecule has 1 aliphatic rings. The van der Waals surface area contributed by atoms with Gasteiger partial charge in [-0.3, -0.25) is 14.4 Å². The Morgan fingerprint density at radius 1 is 1.19 bits per heavy atom. The molecular formula is C20H23N3O3S. The Morgan fingerprint density at radius 3 is 2.74 bits per heavy atom. The van der Waals surface area contributed by atoms with Gasteiger partial charge >= 0.3 is 0 Å². The molecule has 1 fully saturated rings. The number of nitrogens with zero attached hydrogens (tertiary/aromatic N) is 1. The fourth-order valence-corrected chi connectivity index (χ4v) is 3.99. The fourth-order valence-electron chi connectivity index (χ4n) is 3.37. The number of anilines is 1. The van der Waals surface area contributed by atoms with Crippen LogP contribution >= 0.6 is 11.3 Å². The molecule has 3 amide bonds. The highest BCUT2D eigenvalue weighted by molar-refractivity contribution is 7.12. The van der Waals surface area contributed by atoms with Crippen LogP contribution in [0.15, 0.2) is 41.8 Å². The highest BCUT2D eigenvalue weighted by atomic mass is 32.1. The van der Waals surface area contributed by atoms with Crippen LogP contribution in [0.25, 0.3) is 0 Å². The van der Waals surface area contributed by atoms with Crippen molar-refractivity contribution in [2.75, 3.05) is 18.4 Å². The first-order valence-electron chi connectivity index (χ1n) is 9.06. The van der Waals surface area contributed by atoms with Gasteiger partial charge in [-0.1, -0.05) is 18.2 Å². The van der Waals surface area contributed by atoms with Crippen molar-refractivity contribution in [3.8, 4) is 0 Å². The van der Waals surface area contributed by atoms with E-state index in [1.54, 1.807) is 30.3 Å². The average Bonchev–Trinajstić information content (AvgIpc) is 3.21. The first kappa shape index (κ1) is 19.1. The molecule has 1 aromatic carbocycles. The van der Waals surface area contributed by atoms with Crippen LogP contribution in [0.2, 0.25) is 0 Å². The smallest absolute Gasteiger partial charge is 0.265 e. The summed E-state index contributed by atoms with van der Waals surface area (Å²) in [6, 6.07) is 10.6. The third-order valence-corrected chi connectivity index (χ3v) is 5.62. The molecule has 1 unspecified atom stereocenters. The molecule has 142 valence electrons. The topological polar surface area (TPSA) is 92.5 Å². The molecule has 3 N–H and O–H groups in total. The second-order valence-electron chi connectivity index (χ2n) is 6.74. The van der Waals surface area contributed by atoms with E-state index in [-0.39, 0.29) is 23.6 Å². The van der Waals surface area contributed by atoms with Crippen LogP contribution in [0.1, 0.15) is 45.7 Å². The van der Waals surface area contributed by atoms with E-state index >= 15 is 0 Å². The van der Waals surface area contributed by atoms with Crippen molar-refractivity contribution in [1.29, 1.82) is 0 Å². The summed E-state index contributed by atoms with van der Waals surface area (Å²) >= 11 is 1.36. The highest BCUT2D eigenvalue weighted by Crippen LogP contribution is 2.25. The first-order valence-corrected chi connectivity index (χ1v) is 9.94. The largest absolute Gasteiger partial charge is 0.370 e. The van der Waals surface area contributed by atoms with Crippen LogP contribution < -0.4 is 11.1 Å². The summed E-state index contributed by atoms with van der Waals surface area (Å²) in [5, 5.41) is 4.69. The SMILES string of the molecule is NC(=O)CCC1CCCN(C(=O)c2ccccc2NC(=O)c2cccs2)C1. The quantitative estimate of drug-likeness (QED) is 0.800. The number of hydrogen-bond donors (Lipinski definition) is 2. The van der Waals surface area contributed by atoms with E-state index in [9.17, 15) is 14.4 Å². The second-order valence-corrected chi connectivity index (χ2v) is 7.69. The molecule has 1 saturated heterocycles. The minimum absolute atomic E-state index is 0.0964. The Balaban J connectivity index is 1.71. The zero-order chi connectivity index (χ0) is 19.2. The van der Waals surface area contributed by atoms with Gasteiger partial charge in [0.05, 0.1) is 16.1 Å². The number of hydrogen-bond acceptors (Lipinski definition) is 4. The Hall–Kier alpha value is -2.67. The van der Waals surface area contributed by atoms with Gasteiger partial charge < -0.3 is 16.0 Å². The van der Waals surface area contributed by atoms with E-state index in [0.717, 1.165) is 12.8 Å². The number of primary amides is 1. The Bertz CT molecular complexity index is 820. The number of amides is 3. The summed E-state index contributed by atoms with van der Waals surface area (Å²) in [4.78, 5) is 38.9. The molecule has 0 aliphatic carbocycles. The number of thiophene rings is 1. The minimum atomic E-state index is -0.305. The summed E-state index contributed by atoms with van der Waals surface area (Å²) in [5.41, 5.74) is 6.24. The molecule has 7 heteroatoms. The molecule has 0 spiro atoms. The molecule has 2 heterocycles. The first-order chi connectivity index (χ1) is 13.0. The van der Waals surface area contributed by atoms with Gasteiger partial charge in [0, 0.05) is 19.5 Å². The van der Waals surface area contributed by atoms with E-state index in [1.807, 2.05) is 16.3 Å². The molecule has 1 atom stereocenters. The Morgan fingerprint density at radius 2 is 2.00 bits per heavy atom. The van der Waals surface area contributed by atoms with Crippen molar-refractivity contribution in [3.05, 3.63) is 52.2 Å². The lowest BCUT2D eigenvalue weighted by molar-refractivity contribution is -0.118. The summed E-state index contributed by atoms with van der Waals surface area (Å²) in [6.45, 7) is 1.29. The van der Waals surface area contributed by atoms with Crippen LogP contribution in [-0.4, -0.2) is 35.7 Å². The summed E-state index contributed by atoms with van der Waals surface area (Å²) in [6.07, 6.45) is 2.95. The number of carbonyl (C=O) groups excluding carboxylic acids is 3. The van der Waals surface area contributed by atoms with Crippen LogP contribution in [0.5, 0.6) is 0 Å². The number of likely N-dealkylation sites (tertiary alicyclic amines) is 1. The zero-order valence-electron chi connectivity index (χ0n) is 15.0. The van der Waals surface area contributed by atoms with Crippen molar-refractivity contribution in [2.45, 2.75) is 25.7 Å². The number of para-hydroxylation sites is 1. The fraction of sp³-hybridized carbons (Fsp3) is 0.350. The zero-order valence-corrected chi connectivity index (χ0v) is 15.8. The molecule has 0 radical (unpaired) electrons. The third-order valence-electron chi connectivity index (χ3n) is 4.76. The summed E-state index contributed by atoms with van der Waals surface area (Å²) in [5.74, 6) is -0.341. The van der Waals surface area contributed by atoms with E-state index in [2.05, 4.69) is 5.32 Å². The molecule has 0 saturated carbocycles.